The van der Waals surface area contributed by atoms with Crippen molar-refractivity contribution in [2.75, 3.05) is 20.3 Å². The first-order valence-electron chi connectivity index (χ1n) is 9.71. The molecule has 3 rings (SSSR count). The molecule has 9 heteroatoms. The smallest absolute Gasteiger partial charge is 0.336 e. The van der Waals surface area contributed by atoms with Gasteiger partial charge in [0.2, 0.25) is 0 Å². The zero-order chi connectivity index (χ0) is 22.4. The number of halogens is 2. The number of benzene rings is 2. The second-order valence-electron chi connectivity index (χ2n) is 7.21. The SMILES string of the molecule is COc1ccc(CC2(C(=O)O)CCCO2)cc1CNC(=O)COc1ccc(Cl)cc1Cl. The van der Waals surface area contributed by atoms with Gasteiger partial charge in [0.15, 0.2) is 12.2 Å². The number of methoxy groups -OCH3 is 1. The predicted octanol–water partition coefficient (Wildman–Crippen LogP) is 3.87. The highest BCUT2D eigenvalue weighted by Gasteiger charge is 2.43. The lowest BCUT2D eigenvalue weighted by Crippen LogP contribution is -2.40. The molecule has 1 amide bonds. The minimum Gasteiger partial charge on any atom is -0.496 e. The van der Waals surface area contributed by atoms with E-state index in [1.165, 1.54) is 13.2 Å². The summed E-state index contributed by atoms with van der Waals surface area (Å²) in [5.74, 6) is -0.368. The van der Waals surface area contributed by atoms with E-state index in [4.69, 9.17) is 37.4 Å². The molecule has 2 aromatic carbocycles. The quantitative estimate of drug-likeness (QED) is 0.581. The fraction of sp³-hybridized carbons (Fsp3) is 0.364. The summed E-state index contributed by atoms with van der Waals surface area (Å²) in [4.78, 5) is 24.0. The molecule has 0 saturated carbocycles. The molecule has 0 spiro atoms. The highest BCUT2D eigenvalue weighted by atomic mass is 35.5. The Hall–Kier alpha value is -2.48. The van der Waals surface area contributed by atoms with E-state index in [-0.39, 0.29) is 25.5 Å². The summed E-state index contributed by atoms with van der Waals surface area (Å²) in [6, 6.07) is 10.1. The summed E-state index contributed by atoms with van der Waals surface area (Å²) in [6.45, 7) is 0.400. The van der Waals surface area contributed by atoms with Gasteiger partial charge in [-0.25, -0.2) is 4.79 Å². The van der Waals surface area contributed by atoms with E-state index < -0.39 is 11.6 Å². The standard InChI is InChI=1S/C22H23Cl2NO6/c1-29-18-5-3-14(11-22(21(27)28)7-2-8-31-22)9-15(18)12-25-20(26)13-30-19-6-4-16(23)10-17(19)24/h3-6,9-10H,2,7-8,11-13H2,1H3,(H,25,26)(H,27,28). The third-order valence-electron chi connectivity index (χ3n) is 5.06. The van der Waals surface area contributed by atoms with E-state index in [9.17, 15) is 14.7 Å². The number of aliphatic carboxylic acids is 1. The minimum atomic E-state index is -1.21. The number of amides is 1. The summed E-state index contributed by atoms with van der Waals surface area (Å²) >= 11 is 11.9. The lowest BCUT2D eigenvalue weighted by Gasteiger charge is -2.24. The van der Waals surface area contributed by atoms with E-state index in [2.05, 4.69) is 5.32 Å². The number of carboxylic acid groups (broad SMARTS) is 1. The Kier molecular flexibility index (Phi) is 7.64. The van der Waals surface area contributed by atoms with Crippen molar-refractivity contribution in [2.45, 2.75) is 31.4 Å². The van der Waals surface area contributed by atoms with Gasteiger partial charge in [-0.05, 0) is 42.7 Å². The first kappa shape index (κ1) is 23.2. The molecule has 0 bridgehead atoms. The number of nitrogens with one attached hydrogen (secondary N) is 1. The van der Waals surface area contributed by atoms with Crippen LogP contribution in [0.5, 0.6) is 11.5 Å². The molecule has 0 aromatic heterocycles. The van der Waals surface area contributed by atoms with Gasteiger partial charge in [0.25, 0.3) is 5.91 Å². The van der Waals surface area contributed by atoms with Crippen molar-refractivity contribution in [3.63, 3.8) is 0 Å². The van der Waals surface area contributed by atoms with Crippen LogP contribution in [0.15, 0.2) is 36.4 Å². The molecule has 1 fully saturated rings. The summed E-state index contributed by atoms with van der Waals surface area (Å²) < 4.78 is 16.4. The molecule has 1 atom stereocenters. The van der Waals surface area contributed by atoms with E-state index >= 15 is 0 Å². The topological polar surface area (TPSA) is 94.1 Å². The van der Waals surface area contributed by atoms with Crippen LogP contribution in [-0.4, -0.2) is 42.9 Å². The monoisotopic (exact) mass is 467 g/mol. The number of carbonyl (C=O) groups excluding carboxylic acids is 1. The van der Waals surface area contributed by atoms with E-state index in [0.717, 1.165) is 11.1 Å². The van der Waals surface area contributed by atoms with Crippen LogP contribution in [0.25, 0.3) is 0 Å². The Balaban J connectivity index is 1.62. The summed E-state index contributed by atoms with van der Waals surface area (Å²) in [6.07, 6.45) is 1.42. The molecule has 1 aliphatic rings. The van der Waals surface area contributed by atoms with Gasteiger partial charge in [0.05, 0.1) is 12.1 Å². The number of hydrogen-bond acceptors (Lipinski definition) is 5. The van der Waals surface area contributed by atoms with Crippen molar-refractivity contribution in [3.05, 3.63) is 57.6 Å². The Morgan fingerprint density at radius 3 is 2.61 bits per heavy atom. The maximum Gasteiger partial charge on any atom is 0.336 e. The van der Waals surface area contributed by atoms with Crippen LogP contribution < -0.4 is 14.8 Å². The van der Waals surface area contributed by atoms with Gasteiger partial charge < -0.3 is 24.6 Å². The molecule has 0 aliphatic carbocycles. The number of carboxylic acids is 1. The molecule has 1 unspecified atom stereocenters. The largest absolute Gasteiger partial charge is 0.496 e. The zero-order valence-corrected chi connectivity index (χ0v) is 18.5. The first-order valence-corrected chi connectivity index (χ1v) is 10.5. The predicted molar refractivity (Wildman–Crippen MR) is 116 cm³/mol. The molecule has 1 heterocycles. The summed E-state index contributed by atoms with van der Waals surface area (Å²) in [5, 5.41) is 13.2. The van der Waals surface area contributed by atoms with Gasteiger partial charge in [-0.15, -0.1) is 0 Å². The average Bonchev–Trinajstić information content (AvgIpc) is 3.21. The molecule has 0 radical (unpaired) electrons. The molecule has 1 saturated heterocycles. The first-order chi connectivity index (χ1) is 14.8. The molecular formula is C22H23Cl2NO6. The van der Waals surface area contributed by atoms with Crippen molar-refractivity contribution >= 4 is 35.1 Å². The Morgan fingerprint density at radius 1 is 1.19 bits per heavy atom. The van der Waals surface area contributed by atoms with Crippen LogP contribution in [-0.2, 0) is 27.3 Å². The van der Waals surface area contributed by atoms with Crippen molar-refractivity contribution in [1.29, 1.82) is 0 Å². The van der Waals surface area contributed by atoms with Gasteiger partial charge >= 0.3 is 5.97 Å². The molecule has 7 nitrogen and oxygen atoms in total. The molecule has 31 heavy (non-hydrogen) atoms. The Bertz CT molecular complexity index is 959. The molecule has 166 valence electrons. The lowest BCUT2D eigenvalue weighted by atomic mass is 9.91. The molecule has 1 aliphatic heterocycles. The number of hydrogen-bond donors (Lipinski definition) is 2. The van der Waals surface area contributed by atoms with Crippen molar-refractivity contribution in [2.24, 2.45) is 0 Å². The fourth-order valence-corrected chi connectivity index (χ4v) is 3.93. The normalized spacial score (nSPS) is 17.9. The molecule has 2 N–H and O–H groups in total. The van der Waals surface area contributed by atoms with E-state index in [1.54, 1.807) is 18.2 Å². The average molecular weight is 468 g/mol. The van der Waals surface area contributed by atoms with Crippen molar-refractivity contribution in [3.8, 4) is 11.5 Å². The van der Waals surface area contributed by atoms with Crippen LogP contribution in [0.2, 0.25) is 10.0 Å². The van der Waals surface area contributed by atoms with Gasteiger partial charge in [0, 0.05) is 30.2 Å². The van der Waals surface area contributed by atoms with Crippen LogP contribution in [0.3, 0.4) is 0 Å². The second kappa shape index (κ2) is 10.2. The number of ether oxygens (including phenoxy) is 3. The summed E-state index contributed by atoms with van der Waals surface area (Å²) in [7, 11) is 1.53. The summed E-state index contributed by atoms with van der Waals surface area (Å²) in [5.41, 5.74) is 0.302. The third kappa shape index (κ3) is 5.81. The maximum atomic E-state index is 12.2. The highest BCUT2D eigenvalue weighted by molar-refractivity contribution is 6.35. The number of carbonyl (C=O) groups is 2. The third-order valence-corrected chi connectivity index (χ3v) is 5.59. The second-order valence-corrected chi connectivity index (χ2v) is 8.06. The molecular weight excluding hydrogens is 445 g/mol. The lowest BCUT2D eigenvalue weighted by molar-refractivity contribution is -0.159. The van der Waals surface area contributed by atoms with E-state index in [1.807, 2.05) is 12.1 Å². The van der Waals surface area contributed by atoms with Crippen molar-refractivity contribution < 1.29 is 28.9 Å². The number of rotatable bonds is 9. The highest BCUT2D eigenvalue weighted by Crippen LogP contribution is 2.31. The Morgan fingerprint density at radius 2 is 1.97 bits per heavy atom. The van der Waals surface area contributed by atoms with Crippen LogP contribution in [0, 0.1) is 0 Å². The van der Waals surface area contributed by atoms with Crippen LogP contribution in [0.4, 0.5) is 0 Å². The van der Waals surface area contributed by atoms with Crippen LogP contribution >= 0.6 is 23.2 Å². The Labute approximate surface area is 190 Å². The van der Waals surface area contributed by atoms with E-state index in [0.29, 0.717) is 41.0 Å². The minimum absolute atomic E-state index is 0.189. The molecule has 2 aromatic rings. The maximum absolute atomic E-state index is 12.2. The fourth-order valence-electron chi connectivity index (χ4n) is 3.47. The van der Waals surface area contributed by atoms with Gasteiger partial charge in [-0.3, -0.25) is 4.79 Å². The van der Waals surface area contributed by atoms with Gasteiger partial charge in [-0.1, -0.05) is 35.3 Å². The van der Waals surface area contributed by atoms with Gasteiger partial charge in [-0.2, -0.15) is 0 Å². The van der Waals surface area contributed by atoms with Gasteiger partial charge in [0.1, 0.15) is 11.5 Å². The van der Waals surface area contributed by atoms with Crippen LogP contribution in [0.1, 0.15) is 24.0 Å². The zero-order valence-electron chi connectivity index (χ0n) is 17.0. The van der Waals surface area contributed by atoms with Crippen molar-refractivity contribution in [1.82, 2.24) is 5.32 Å².